The van der Waals surface area contributed by atoms with Crippen molar-refractivity contribution < 1.29 is 14.7 Å². The van der Waals surface area contributed by atoms with Crippen LogP contribution < -0.4 is 5.32 Å². The number of carboxylic acid groups (broad SMARTS) is 1. The van der Waals surface area contributed by atoms with E-state index in [-0.39, 0.29) is 12.6 Å². The Hall–Kier alpha value is -1.70. The van der Waals surface area contributed by atoms with E-state index in [1.54, 1.807) is 0 Å². The van der Waals surface area contributed by atoms with E-state index in [9.17, 15) is 9.59 Å². The van der Waals surface area contributed by atoms with Gasteiger partial charge in [0.1, 0.15) is 11.6 Å². The molecule has 0 saturated carbocycles. The number of hydrogen-bond acceptors (Lipinski definition) is 5. The van der Waals surface area contributed by atoms with E-state index in [0.717, 1.165) is 11.4 Å². The highest BCUT2D eigenvalue weighted by Gasteiger charge is 2.22. The quantitative estimate of drug-likeness (QED) is 0.806. The van der Waals surface area contributed by atoms with Crippen LogP contribution in [-0.2, 0) is 11.2 Å². The van der Waals surface area contributed by atoms with Gasteiger partial charge in [-0.3, -0.25) is 10.1 Å². The zero-order valence-corrected chi connectivity index (χ0v) is 13.6. The third-order valence-electron chi connectivity index (χ3n) is 2.95. The summed E-state index contributed by atoms with van der Waals surface area (Å²) in [6.45, 7) is 7.54. The minimum Gasteiger partial charge on any atom is -0.480 e. The molecule has 21 heavy (non-hydrogen) atoms. The minimum atomic E-state index is -1.04. The predicted octanol–water partition coefficient (Wildman–Crippen LogP) is 2.45. The molecule has 0 bridgehead atoms. The average Bonchev–Trinajstić information content (AvgIpc) is 2.81. The fourth-order valence-electron chi connectivity index (χ4n) is 1.69. The molecule has 2 amide bonds. The molecule has 1 heterocycles. The molecular formula is C13H22N4O3S. The Kier molecular flexibility index (Phi) is 6.54. The molecule has 1 aromatic rings. The molecule has 2 N–H and O–H groups in total. The fourth-order valence-corrected chi connectivity index (χ4v) is 2.63. The maximum Gasteiger partial charge on any atom is 0.324 e. The van der Waals surface area contributed by atoms with E-state index in [0.29, 0.717) is 17.5 Å². The second-order valence-corrected chi connectivity index (χ2v) is 6.37. The Morgan fingerprint density at radius 1 is 1.33 bits per heavy atom. The van der Waals surface area contributed by atoms with E-state index in [1.165, 1.54) is 16.2 Å². The molecule has 1 rings (SSSR count). The van der Waals surface area contributed by atoms with Gasteiger partial charge >= 0.3 is 12.0 Å². The fraction of sp³-hybridized carbons (Fsp3) is 0.692. The Bertz CT molecular complexity index is 490. The van der Waals surface area contributed by atoms with Crippen molar-refractivity contribution in [1.29, 1.82) is 0 Å². The van der Waals surface area contributed by atoms with Crippen molar-refractivity contribution in [3.63, 3.8) is 0 Å². The number of anilines is 1. The number of nitrogens with one attached hydrogen (secondary N) is 1. The number of aromatic nitrogens is 2. The van der Waals surface area contributed by atoms with Crippen LogP contribution in [0.3, 0.4) is 0 Å². The molecule has 8 heteroatoms. The van der Waals surface area contributed by atoms with Crippen LogP contribution in [0.25, 0.3) is 0 Å². The van der Waals surface area contributed by atoms with Crippen LogP contribution in [0.2, 0.25) is 0 Å². The first-order valence-corrected chi connectivity index (χ1v) is 7.76. The summed E-state index contributed by atoms with van der Waals surface area (Å²) in [5.74, 6) is -0.576. The lowest BCUT2D eigenvalue weighted by molar-refractivity contribution is -0.138. The molecule has 0 aliphatic heterocycles. The summed E-state index contributed by atoms with van der Waals surface area (Å²) in [5, 5.41) is 20.7. The van der Waals surface area contributed by atoms with Gasteiger partial charge in [-0.15, -0.1) is 10.2 Å². The van der Waals surface area contributed by atoms with Crippen molar-refractivity contribution in [3.8, 4) is 0 Å². The number of rotatable bonds is 7. The summed E-state index contributed by atoms with van der Waals surface area (Å²) >= 11 is 1.32. The van der Waals surface area contributed by atoms with Crippen LogP contribution in [0.1, 0.15) is 39.1 Å². The van der Waals surface area contributed by atoms with Gasteiger partial charge in [0.15, 0.2) is 0 Å². The van der Waals surface area contributed by atoms with Gasteiger partial charge in [0.25, 0.3) is 0 Å². The Morgan fingerprint density at radius 2 is 2.00 bits per heavy atom. The molecule has 0 radical (unpaired) electrons. The molecule has 0 saturated heterocycles. The SMILES string of the molecule is CCC(C)N(CC(=O)O)C(=O)Nc1nnc(CC(C)C)s1. The van der Waals surface area contributed by atoms with Crippen molar-refractivity contribution in [2.45, 2.75) is 46.6 Å². The van der Waals surface area contributed by atoms with E-state index < -0.39 is 12.0 Å². The zero-order valence-electron chi connectivity index (χ0n) is 12.8. The third kappa shape index (κ3) is 5.66. The summed E-state index contributed by atoms with van der Waals surface area (Å²) < 4.78 is 0. The van der Waals surface area contributed by atoms with Crippen molar-refractivity contribution in [2.75, 3.05) is 11.9 Å². The summed E-state index contributed by atoms with van der Waals surface area (Å²) in [6, 6.07) is -0.622. The number of carbonyl (C=O) groups excluding carboxylic acids is 1. The van der Waals surface area contributed by atoms with Crippen LogP contribution in [0.4, 0.5) is 9.93 Å². The Balaban J connectivity index is 2.72. The topological polar surface area (TPSA) is 95.4 Å². The minimum absolute atomic E-state index is 0.163. The third-order valence-corrected chi connectivity index (χ3v) is 3.81. The summed E-state index contributed by atoms with van der Waals surface area (Å²) in [6.07, 6.45) is 1.48. The average molecular weight is 314 g/mol. The molecule has 0 aliphatic carbocycles. The van der Waals surface area contributed by atoms with E-state index in [4.69, 9.17) is 5.11 Å². The van der Waals surface area contributed by atoms with Gasteiger partial charge in [0.2, 0.25) is 5.13 Å². The summed E-state index contributed by atoms with van der Waals surface area (Å²) in [4.78, 5) is 24.3. The first kappa shape index (κ1) is 17.4. The second-order valence-electron chi connectivity index (χ2n) is 5.31. The molecule has 7 nitrogen and oxygen atoms in total. The smallest absolute Gasteiger partial charge is 0.324 e. The monoisotopic (exact) mass is 314 g/mol. The van der Waals surface area contributed by atoms with Crippen LogP contribution >= 0.6 is 11.3 Å². The van der Waals surface area contributed by atoms with Gasteiger partial charge in [0.05, 0.1) is 0 Å². The number of carbonyl (C=O) groups is 2. The van der Waals surface area contributed by atoms with Crippen LogP contribution in [0.15, 0.2) is 0 Å². The maximum atomic E-state index is 12.2. The first-order chi connectivity index (χ1) is 9.83. The molecule has 0 spiro atoms. The number of urea groups is 1. The van der Waals surface area contributed by atoms with E-state index >= 15 is 0 Å². The molecule has 0 aromatic carbocycles. The Labute approximate surface area is 128 Å². The zero-order chi connectivity index (χ0) is 16.0. The van der Waals surface area contributed by atoms with E-state index in [2.05, 4.69) is 29.4 Å². The lowest BCUT2D eigenvalue weighted by Gasteiger charge is -2.26. The summed E-state index contributed by atoms with van der Waals surface area (Å²) in [5.41, 5.74) is 0. The van der Waals surface area contributed by atoms with Crippen molar-refractivity contribution in [1.82, 2.24) is 15.1 Å². The molecule has 118 valence electrons. The van der Waals surface area contributed by atoms with Gasteiger partial charge in [-0.1, -0.05) is 32.1 Å². The van der Waals surface area contributed by atoms with Gasteiger partial charge < -0.3 is 10.0 Å². The molecular weight excluding hydrogens is 292 g/mol. The van der Waals surface area contributed by atoms with Crippen LogP contribution in [0.5, 0.6) is 0 Å². The normalized spacial score (nSPS) is 12.2. The number of hydrogen-bond donors (Lipinski definition) is 2. The highest BCUT2D eigenvalue weighted by Crippen LogP contribution is 2.19. The molecule has 1 aromatic heterocycles. The van der Waals surface area contributed by atoms with Crippen LogP contribution in [0, 0.1) is 5.92 Å². The largest absolute Gasteiger partial charge is 0.480 e. The second kappa shape index (κ2) is 7.92. The number of nitrogens with zero attached hydrogens (tertiary/aromatic N) is 3. The molecule has 1 unspecified atom stereocenters. The lowest BCUT2D eigenvalue weighted by Crippen LogP contribution is -2.44. The molecule has 0 aliphatic rings. The van der Waals surface area contributed by atoms with Gasteiger partial charge in [0, 0.05) is 12.5 Å². The molecule has 1 atom stereocenters. The highest BCUT2D eigenvalue weighted by molar-refractivity contribution is 7.15. The Morgan fingerprint density at radius 3 is 2.52 bits per heavy atom. The van der Waals surface area contributed by atoms with Crippen molar-refractivity contribution in [2.24, 2.45) is 5.92 Å². The first-order valence-electron chi connectivity index (χ1n) is 6.95. The van der Waals surface area contributed by atoms with Crippen molar-refractivity contribution >= 4 is 28.5 Å². The van der Waals surface area contributed by atoms with Gasteiger partial charge in [-0.25, -0.2) is 4.79 Å². The van der Waals surface area contributed by atoms with Crippen LogP contribution in [-0.4, -0.2) is 44.8 Å². The standard InChI is InChI=1S/C13H22N4O3S/c1-5-9(4)17(7-11(18)19)13(20)14-12-16-15-10(21-12)6-8(2)3/h8-9H,5-7H2,1-4H3,(H,18,19)(H,14,16,20). The summed E-state index contributed by atoms with van der Waals surface area (Å²) in [7, 11) is 0. The lowest BCUT2D eigenvalue weighted by atomic mass is 10.1. The van der Waals surface area contributed by atoms with Gasteiger partial charge in [-0.05, 0) is 19.3 Å². The van der Waals surface area contributed by atoms with Crippen molar-refractivity contribution in [3.05, 3.63) is 5.01 Å². The molecule has 0 fully saturated rings. The van der Waals surface area contributed by atoms with E-state index in [1.807, 2.05) is 13.8 Å². The maximum absolute atomic E-state index is 12.2. The number of aliphatic carboxylic acids is 1. The number of amides is 2. The van der Waals surface area contributed by atoms with Gasteiger partial charge in [-0.2, -0.15) is 0 Å². The highest BCUT2D eigenvalue weighted by atomic mass is 32.1. The predicted molar refractivity (Wildman–Crippen MR) is 81.6 cm³/mol. The number of carboxylic acids is 1.